The van der Waals surface area contributed by atoms with Crippen LogP contribution in [0.4, 0.5) is 4.39 Å². The minimum Gasteiger partial charge on any atom is -0.493 e. The summed E-state index contributed by atoms with van der Waals surface area (Å²) in [5.41, 5.74) is 0.987. The molecule has 1 aromatic rings. The smallest absolute Gasteiger partial charge is 0.165 e. The number of piperidine rings is 1. The molecule has 0 aliphatic carbocycles. The molecule has 2 unspecified atom stereocenters. The van der Waals surface area contributed by atoms with Gasteiger partial charge in [0.25, 0.3) is 0 Å². The SMILES string of the molecule is COc1c(F)cccc1C(C)C1CCCNC1. The summed E-state index contributed by atoms with van der Waals surface area (Å²) in [7, 11) is 1.54. The van der Waals surface area contributed by atoms with Crippen molar-refractivity contribution in [1.29, 1.82) is 0 Å². The largest absolute Gasteiger partial charge is 0.493 e. The lowest BCUT2D eigenvalue weighted by Crippen LogP contribution is -2.32. The van der Waals surface area contributed by atoms with E-state index in [1.165, 1.54) is 26.0 Å². The van der Waals surface area contributed by atoms with Crippen LogP contribution in [0.5, 0.6) is 5.75 Å². The van der Waals surface area contributed by atoms with Crippen LogP contribution in [-0.4, -0.2) is 20.2 Å². The van der Waals surface area contributed by atoms with Gasteiger partial charge in [-0.3, -0.25) is 0 Å². The van der Waals surface area contributed by atoms with Gasteiger partial charge < -0.3 is 10.1 Å². The van der Waals surface area contributed by atoms with Crippen molar-refractivity contribution in [2.45, 2.75) is 25.7 Å². The fourth-order valence-electron chi connectivity index (χ4n) is 2.66. The number of halogens is 1. The van der Waals surface area contributed by atoms with E-state index in [9.17, 15) is 4.39 Å². The van der Waals surface area contributed by atoms with Crippen LogP contribution in [0.25, 0.3) is 0 Å². The van der Waals surface area contributed by atoms with E-state index in [0.29, 0.717) is 17.6 Å². The van der Waals surface area contributed by atoms with Gasteiger partial charge in [0.05, 0.1) is 7.11 Å². The molecule has 2 rings (SSSR count). The molecule has 2 nitrogen and oxygen atoms in total. The summed E-state index contributed by atoms with van der Waals surface area (Å²) in [6, 6.07) is 5.19. The molecular weight excluding hydrogens is 217 g/mol. The maximum absolute atomic E-state index is 13.6. The Kier molecular flexibility index (Phi) is 4.00. The zero-order valence-corrected chi connectivity index (χ0v) is 10.5. The normalized spacial score (nSPS) is 22.2. The first kappa shape index (κ1) is 12.4. The Hall–Kier alpha value is -1.09. The number of benzene rings is 1. The predicted octanol–water partition coefficient (Wildman–Crippen LogP) is 2.94. The Morgan fingerprint density at radius 1 is 1.47 bits per heavy atom. The Bertz CT molecular complexity index is 374. The van der Waals surface area contributed by atoms with E-state index in [0.717, 1.165) is 18.7 Å². The first-order valence-corrected chi connectivity index (χ1v) is 6.27. The molecule has 0 bridgehead atoms. The number of hydrogen-bond acceptors (Lipinski definition) is 2. The molecule has 17 heavy (non-hydrogen) atoms. The van der Waals surface area contributed by atoms with E-state index >= 15 is 0 Å². The van der Waals surface area contributed by atoms with E-state index in [2.05, 4.69) is 12.2 Å². The Balaban J connectivity index is 2.23. The zero-order chi connectivity index (χ0) is 12.3. The molecule has 2 atom stereocenters. The molecule has 1 aliphatic rings. The van der Waals surface area contributed by atoms with Crippen molar-refractivity contribution in [3.8, 4) is 5.75 Å². The molecular formula is C14H20FNO. The molecule has 1 fully saturated rings. The quantitative estimate of drug-likeness (QED) is 0.872. The third-order valence-corrected chi connectivity index (χ3v) is 3.73. The highest BCUT2D eigenvalue weighted by atomic mass is 19.1. The van der Waals surface area contributed by atoms with Crippen LogP contribution in [0.3, 0.4) is 0 Å². The second-order valence-electron chi connectivity index (χ2n) is 4.76. The second-order valence-corrected chi connectivity index (χ2v) is 4.76. The van der Waals surface area contributed by atoms with Crippen molar-refractivity contribution in [2.24, 2.45) is 5.92 Å². The molecule has 1 N–H and O–H groups in total. The van der Waals surface area contributed by atoms with Crippen LogP contribution in [0.2, 0.25) is 0 Å². The lowest BCUT2D eigenvalue weighted by molar-refractivity contribution is 0.320. The van der Waals surface area contributed by atoms with Crippen molar-refractivity contribution in [3.05, 3.63) is 29.6 Å². The lowest BCUT2D eigenvalue weighted by Gasteiger charge is -2.29. The van der Waals surface area contributed by atoms with Crippen LogP contribution in [0.15, 0.2) is 18.2 Å². The van der Waals surface area contributed by atoms with Crippen LogP contribution in [0.1, 0.15) is 31.2 Å². The fourth-order valence-corrected chi connectivity index (χ4v) is 2.66. The monoisotopic (exact) mass is 237 g/mol. The van der Waals surface area contributed by atoms with E-state index in [-0.39, 0.29) is 5.82 Å². The highest BCUT2D eigenvalue weighted by Crippen LogP contribution is 2.35. The maximum Gasteiger partial charge on any atom is 0.165 e. The van der Waals surface area contributed by atoms with Gasteiger partial charge in [0.15, 0.2) is 11.6 Å². The molecule has 1 saturated heterocycles. The Morgan fingerprint density at radius 3 is 2.94 bits per heavy atom. The fraction of sp³-hybridized carbons (Fsp3) is 0.571. The Labute approximate surface area is 102 Å². The molecule has 1 aromatic carbocycles. The number of para-hydroxylation sites is 1. The molecule has 0 amide bonds. The maximum atomic E-state index is 13.6. The van der Waals surface area contributed by atoms with E-state index in [1.807, 2.05) is 6.07 Å². The third kappa shape index (κ3) is 2.60. The number of nitrogens with one attached hydrogen (secondary N) is 1. The molecule has 3 heteroatoms. The average molecular weight is 237 g/mol. The van der Waals surface area contributed by atoms with Gasteiger partial charge in [-0.2, -0.15) is 0 Å². The third-order valence-electron chi connectivity index (χ3n) is 3.73. The second kappa shape index (κ2) is 5.50. The van der Waals surface area contributed by atoms with Crippen LogP contribution >= 0.6 is 0 Å². The summed E-state index contributed by atoms with van der Waals surface area (Å²) < 4.78 is 18.8. The summed E-state index contributed by atoms with van der Waals surface area (Å²) in [5.74, 6) is 1.04. The highest BCUT2D eigenvalue weighted by molar-refractivity contribution is 5.37. The van der Waals surface area contributed by atoms with Crippen molar-refractivity contribution in [2.75, 3.05) is 20.2 Å². The summed E-state index contributed by atoms with van der Waals surface area (Å²) in [5, 5.41) is 3.40. The number of ether oxygens (including phenoxy) is 1. The summed E-state index contributed by atoms with van der Waals surface area (Å²) in [6.45, 7) is 4.28. The van der Waals surface area contributed by atoms with Crippen LogP contribution in [0, 0.1) is 11.7 Å². The van der Waals surface area contributed by atoms with Gasteiger partial charge in [0.2, 0.25) is 0 Å². The van der Waals surface area contributed by atoms with Crippen molar-refractivity contribution >= 4 is 0 Å². The number of rotatable bonds is 3. The minimum absolute atomic E-state index is 0.263. The summed E-state index contributed by atoms with van der Waals surface area (Å²) >= 11 is 0. The molecule has 0 saturated carbocycles. The van der Waals surface area contributed by atoms with Gasteiger partial charge in [-0.1, -0.05) is 19.1 Å². The van der Waals surface area contributed by atoms with E-state index < -0.39 is 0 Å². The number of hydrogen-bond donors (Lipinski definition) is 1. The van der Waals surface area contributed by atoms with Gasteiger partial charge in [0.1, 0.15) is 0 Å². The molecule has 0 aromatic heterocycles. The van der Waals surface area contributed by atoms with Crippen LogP contribution in [-0.2, 0) is 0 Å². The van der Waals surface area contributed by atoms with Crippen molar-refractivity contribution in [3.63, 3.8) is 0 Å². The van der Waals surface area contributed by atoms with E-state index in [1.54, 1.807) is 6.07 Å². The molecule has 0 spiro atoms. The molecule has 0 radical (unpaired) electrons. The van der Waals surface area contributed by atoms with Gasteiger partial charge >= 0.3 is 0 Å². The predicted molar refractivity (Wildman–Crippen MR) is 67.0 cm³/mol. The van der Waals surface area contributed by atoms with Gasteiger partial charge in [0, 0.05) is 5.56 Å². The Morgan fingerprint density at radius 2 is 2.29 bits per heavy atom. The minimum atomic E-state index is -0.263. The lowest BCUT2D eigenvalue weighted by atomic mass is 9.82. The molecule has 1 aliphatic heterocycles. The summed E-state index contributed by atoms with van der Waals surface area (Å²) in [4.78, 5) is 0. The van der Waals surface area contributed by atoms with E-state index in [4.69, 9.17) is 4.74 Å². The first-order valence-electron chi connectivity index (χ1n) is 6.27. The van der Waals surface area contributed by atoms with Crippen LogP contribution < -0.4 is 10.1 Å². The molecule has 1 heterocycles. The standard InChI is InChI=1S/C14H20FNO/c1-10(11-5-4-8-16-9-11)12-6-3-7-13(15)14(12)17-2/h3,6-7,10-11,16H,4-5,8-9H2,1-2H3. The van der Waals surface area contributed by atoms with Gasteiger partial charge in [-0.25, -0.2) is 4.39 Å². The van der Waals surface area contributed by atoms with Crippen molar-refractivity contribution in [1.82, 2.24) is 5.32 Å². The van der Waals surface area contributed by atoms with Gasteiger partial charge in [-0.05, 0) is 43.8 Å². The topological polar surface area (TPSA) is 21.3 Å². The first-order chi connectivity index (χ1) is 8.24. The zero-order valence-electron chi connectivity index (χ0n) is 10.5. The average Bonchev–Trinajstić information content (AvgIpc) is 2.38. The highest BCUT2D eigenvalue weighted by Gasteiger charge is 2.24. The summed E-state index contributed by atoms with van der Waals surface area (Å²) in [6.07, 6.45) is 2.40. The molecule has 94 valence electrons. The number of methoxy groups -OCH3 is 1. The van der Waals surface area contributed by atoms with Crippen molar-refractivity contribution < 1.29 is 9.13 Å². The van der Waals surface area contributed by atoms with Gasteiger partial charge in [-0.15, -0.1) is 0 Å².